The van der Waals surface area contributed by atoms with Gasteiger partial charge in [0.1, 0.15) is 0 Å². The first-order valence-electron chi connectivity index (χ1n) is 4.98. The molecule has 2 rings (SSSR count). The second kappa shape index (κ2) is 4.40. The van der Waals surface area contributed by atoms with Gasteiger partial charge in [0.2, 0.25) is 5.95 Å². The lowest BCUT2D eigenvalue weighted by Crippen LogP contribution is -2.20. The minimum Gasteiger partial charge on any atom is -0.477 e. The summed E-state index contributed by atoms with van der Waals surface area (Å²) in [6.07, 6.45) is 2.62. The van der Waals surface area contributed by atoms with Crippen molar-refractivity contribution in [3.63, 3.8) is 0 Å². The average Bonchev–Trinajstić information content (AvgIpc) is 2.30. The zero-order valence-electron chi connectivity index (χ0n) is 8.53. The van der Waals surface area contributed by atoms with Crippen LogP contribution in [0.5, 0.6) is 0 Å². The van der Waals surface area contributed by atoms with Crippen molar-refractivity contribution >= 4 is 11.5 Å². The zero-order valence-corrected chi connectivity index (χ0v) is 8.53. The lowest BCUT2D eigenvalue weighted by Gasteiger charge is -2.14. The third kappa shape index (κ3) is 2.09. The summed E-state index contributed by atoms with van der Waals surface area (Å²) in [6, 6.07) is 2.80. The molecular weight excluding hydrogens is 211 g/mol. The number of hydrogen-bond acceptors (Lipinski definition) is 3. The van der Waals surface area contributed by atoms with Crippen LogP contribution >= 0.6 is 0 Å². The summed E-state index contributed by atoms with van der Waals surface area (Å²) >= 11 is 0. The maximum Gasteiger partial charge on any atom is 0.354 e. The van der Waals surface area contributed by atoms with Crippen LogP contribution in [0.25, 0.3) is 5.57 Å². The lowest BCUT2D eigenvalue weighted by atomic mass is 10.0. The first kappa shape index (κ1) is 10.8. The second-order valence-corrected chi connectivity index (χ2v) is 3.52. The number of carboxylic acid groups (broad SMARTS) is 1. The van der Waals surface area contributed by atoms with Gasteiger partial charge in [0, 0.05) is 12.1 Å². The fourth-order valence-electron chi connectivity index (χ4n) is 1.66. The minimum atomic E-state index is -1.22. The number of carbonyl (C=O) groups is 1. The van der Waals surface area contributed by atoms with Crippen molar-refractivity contribution in [2.45, 2.75) is 6.42 Å². The SMILES string of the molecule is O=C(O)c1ccc(C2=CCNCC2)c(F)n1. The van der Waals surface area contributed by atoms with Gasteiger partial charge >= 0.3 is 5.97 Å². The van der Waals surface area contributed by atoms with Crippen LogP contribution in [0.4, 0.5) is 4.39 Å². The molecule has 0 radical (unpaired) electrons. The highest BCUT2D eigenvalue weighted by molar-refractivity contribution is 5.85. The Hall–Kier alpha value is -1.75. The molecule has 0 saturated carbocycles. The van der Waals surface area contributed by atoms with Gasteiger partial charge < -0.3 is 10.4 Å². The molecule has 0 spiro atoms. The van der Waals surface area contributed by atoms with E-state index in [0.29, 0.717) is 12.1 Å². The third-order valence-corrected chi connectivity index (χ3v) is 2.48. The number of hydrogen-bond donors (Lipinski definition) is 2. The molecule has 84 valence electrons. The molecule has 0 atom stereocenters. The highest BCUT2D eigenvalue weighted by atomic mass is 19.1. The van der Waals surface area contributed by atoms with Crippen molar-refractivity contribution in [1.29, 1.82) is 0 Å². The van der Waals surface area contributed by atoms with Gasteiger partial charge in [-0.3, -0.25) is 0 Å². The van der Waals surface area contributed by atoms with Crippen molar-refractivity contribution in [3.8, 4) is 0 Å². The van der Waals surface area contributed by atoms with Gasteiger partial charge in [-0.2, -0.15) is 4.39 Å². The molecule has 2 N–H and O–H groups in total. The Labute approximate surface area is 91.8 Å². The molecule has 16 heavy (non-hydrogen) atoms. The Morgan fingerprint density at radius 1 is 1.50 bits per heavy atom. The third-order valence-electron chi connectivity index (χ3n) is 2.48. The normalized spacial score (nSPS) is 15.7. The van der Waals surface area contributed by atoms with E-state index in [1.807, 2.05) is 6.08 Å². The van der Waals surface area contributed by atoms with Gasteiger partial charge in [0.15, 0.2) is 5.69 Å². The molecule has 0 amide bonds. The van der Waals surface area contributed by atoms with Crippen LogP contribution in [-0.4, -0.2) is 29.1 Å². The molecule has 1 aliphatic rings. The van der Waals surface area contributed by atoms with Crippen molar-refractivity contribution in [3.05, 3.63) is 35.4 Å². The number of halogens is 1. The molecule has 0 saturated heterocycles. The van der Waals surface area contributed by atoms with Crippen LogP contribution in [0.1, 0.15) is 22.5 Å². The summed E-state index contributed by atoms with van der Waals surface area (Å²) in [5.41, 5.74) is 1.00. The predicted molar refractivity (Wildman–Crippen MR) is 56.6 cm³/mol. The zero-order chi connectivity index (χ0) is 11.5. The van der Waals surface area contributed by atoms with Crippen LogP contribution < -0.4 is 5.32 Å². The Morgan fingerprint density at radius 2 is 2.31 bits per heavy atom. The molecule has 4 nitrogen and oxygen atoms in total. The number of nitrogens with zero attached hydrogens (tertiary/aromatic N) is 1. The van der Waals surface area contributed by atoms with E-state index < -0.39 is 11.9 Å². The van der Waals surface area contributed by atoms with Crippen LogP contribution in [0, 0.1) is 5.95 Å². The van der Waals surface area contributed by atoms with Gasteiger partial charge in [0.25, 0.3) is 0 Å². The van der Waals surface area contributed by atoms with Crippen molar-refractivity contribution in [2.24, 2.45) is 0 Å². The van der Waals surface area contributed by atoms with Gasteiger partial charge in [0.05, 0.1) is 0 Å². The van der Waals surface area contributed by atoms with Crippen LogP contribution in [-0.2, 0) is 0 Å². The fourth-order valence-corrected chi connectivity index (χ4v) is 1.66. The number of rotatable bonds is 2. The van der Waals surface area contributed by atoms with Crippen molar-refractivity contribution in [1.82, 2.24) is 10.3 Å². The Balaban J connectivity index is 2.35. The van der Waals surface area contributed by atoms with Crippen LogP contribution in [0.3, 0.4) is 0 Å². The number of pyridine rings is 1. The van der Waals surface area contributed by atoms with E-state index in [2.05, 4.69) is 10.3 Å². The van der Waals surface area contributed by atoms with Crippen molar-refractivity contribution < 1.29 is 14.3 Å². The number of nitrogens with one attached hydrogen (secondary N) is 1. The molecular formula is C11H11FN2O2. The molecule has 0 unspecified atom stereocenters. The largest absolute Gasteiger partial charge is 0.477 e. The molecule has 5 heteroatoms. The molecule has 0 fully saturated rings. The number of carboxylic acids is 1. The smallest absolute Gasteiger partial charge is 0.354 e. The van der Waals surface area contributed by atoms with Crippen LogP contribution in [0.2, 0.25) is 0 Å². The first-order valence-corrected chi connectivity index (χ1v) is 4.98. The van der Waals surface area contributed by atoms with E-state index in [0.717, 1.165) is 18.5 Å². The predicted octanol–water partition coefficient (Wildman–Crippen LogP) is 1.30. The maximum atomic E-state index is 13.6. The van der Waals surface area contributed by atoms with Crippen molar-refractivity contribution in [2.75, 3.05) is 13.1 Å². The monoisotopic (exact) mass is 222 g/mol. The van der Waals surface area contributed by atoms with Gasteiger partial charge in [-0.1, -0.05) is 6.08 Å². The van der Waals surface area contributed by atoms with E-state index >= 15 is 0 Å². The minimum absolute atomic E-state index is 0.268. The molecule has 2 heterocycles. The lowest BCUT2D eigenvalue weighted by molar-refractivity contribution is 0.0689. The number of aromatic nitrogens is 1. The van der Waals surface area contributed by atoms with E-state index in [-0.39, 0.29) is 5.69 Å². The molecule has 0 aliphatic carbocycles. The fraction of sp³-hybridized carbons (Fsp3) is 0.273. The summed E-state index contributed by atoms with van der Waals surface area (Å²) in [4.78, 5) is 14.0. The highest BCUT2D eigenvalue weighted by Crippen LogP contribution is 2.21. The topological polar surface area (TPSA) is 62.2 Å². The quantitative estimate of drug-likeness (QED) is 0.740. The Kier molecular flexibility index (Phi) is 2.96. The second-order valence-electron chi connectivity index (χ2n) is 3.52. The maximum absolute atomic E-state index is 13.6. The number of aromatic carboxylic acids is 1. The summed E-state index contributed by atoms with van der Waals surface area (Å²) in [7, 11) is 0. The van der Waals surface area contributed by atoms with E-state index in [1.54, 1.807) is 0 Å². The molecule has 1 aromatic rings. The molecule has 1 aromatic heterocycles. The standard InChI is InChI=1S/C11H11FN2O2/c12-10-8(7-3-5-13-6-4-7)1-2-9(14-10)11(15)16/h1-3,13H,4-6H2,(H,15,16). The van der Waals surface area contributed by atoms with Crippen LogP contribution in [0.15, 0.2) is 18.2 Å². The summed E-state index contributed by atoms with van der Waals surface area (Å²) in [6.45, 7) is 1.50. The Bertz CT molecular complexity index is 457. The molecule has 1 aliphatic heterocycles. The average molecular weight is 222 g/mol. The first-order chi connectivity index (χ1) is 7.68. The van der Waals surface area contributed by atoms with Gasteiger partial charge in [-0.15, -0.1) is 0 Å². The molecule has 0 aromatic carbocycles. The Morgan fingerprint density at radius 3 is 2.88 bits per heavy atom. The summed E-state index contributed by atoms with van der Waals surface area (Å²) < 4.78 is 13.6. The van der Waals surface area contributed by atoms with E-state index in [4.69, 9.17) is 5.11 Å². The van der Waals surface area contributed by atoms with Gasteiger partial charge in [-0.05, 0) is 30.7 Å². The van der Waals surface area contributed by atoms with E-state index in [9.17, 15) is 9.18 Å². The summed E-state index contributed by atoms with van der Waals surface area (Å²) in [5.74, 6) is -1.93. The highest BCUT2D eigenvalue weighted by Gasteiger charge is 2.14. The summed E-state index contributed by atoms with van der Waals surface area (Å²) in [5, 5.41) is 11.8. The van der Waals surface area contributed by atoms with Gasteiger partial charge in [-0.25, -0.2) is 9.78 Å². The van der Waals surface area contributed by atoms with E-state index in [1.165, 1.54) is 12.1 Å². The molecule has 0 bridgehead atoms.